The number of aromatic nitrogens is 1. The van der Waals surface area contributed by atoms with Crippen molar-refractivity contribution in [3.63, 3.8) is 0 Å². The maximum absolute atomic E-state index is 12.8. The number of fused-ring (bicyclic) bond motifs is 1. The molecule has 128 valence electrons. The van der Waals surface area contributed by atoms with Gasteiger partial charge in [-0.2, -0.15) is 0 Å². The molecule has 1 unspecified atom stereocenters. The molecule has 0 spiro atoms. The fraction of sp³-hybridized carbons (Fsp3) is 0.412. The van der Waals surface area contributed by atoms with E-state index in [1.54, 1.807) is 19.1 Å². The lowest BCUT2D eigenvalue weighted by Gasteiger charge is -2.38. The standard InChI is InChI=1S/C17H22N4O3/c1-18-16(22)14-10-21(8-7-20(14)2)17(23)13-9-11-12(19-13)5-4-6-15(11)24-3/h4-6,9,14,19H,7-8,10H2,1-3H3,(H,18,22). The molecule has 1 saturated heterocycles. The molecule has 24 heavy (non-hydrogen) atoms. The second kappa shape index (κ2) is 6.52. The highest BCUT2D eigenvalue weighted by Crippen LogP contribution is 2.26. The molecule has 2 amide bonds. The third kappa shape index (κ3) is 2.82. The van der Waals surface area contributed by atoms with E-state index in [-0.39, 0.29) is 17.9 Å². The quantitative estimate of drug-likeness (QED) is 0.867. The van der Waals surface area contributed by atoms with Crippen LogP contribution in [0, 0.1) is 0 Å². The van der Waals surface area contributed by atoms with E-state index in [1.807, 2.05) is 36.2 Å². The number of hydrogen-bond acceptors (Lipinski definition) is 4. The van der Waals surface area contributed by atoms with Gasteiger partial charge in [0.1, 0.15) is 17.5 Å². The minimum Gasteiger partial charge on any atom is -0.496 e. The average Bonchev–Trinajstić information content (AvgIpc) is 3.05. The van der Waals surface area contributed by atoms with Crippen LogP contribution in [0.3, 0.4) is 0 Å². The summed E-state index contributed by atoms with van der Waals surface area (Å²) in [6.45, 7) is 1.63. The normalized spacial score (nSPS) is 18.6. The van der Waals surface area contributed by atoms with Crippen LogP contribution in [0.5, 0.6) is 5.75 Å². The van der Waals surface area contributed by atoms with Gasteiger partial charge in [-0.15, -0.1) is 0 Å². The van der Waals surface area contributed by atoms with Crippen LogP contribution in [0.4, 0.5) is 0 Å². The molecule has 2 aromatic rings. The van der Waals surface area contributed by atoms with Gasteiger partial charge in [-0.3, -0.25) is 14.5 Å². The highest BCUT2D eigenvalue weighted by molar-refractivity contribution is 6.00. The highest BCUT2D eigenvalue weighted by atomic mass is 16.5. The summed E-state index contributed by atoms with van der Waals surface area (Å²) in [5.74, 6) is 0.549. The zero-order valence-corrected chi connectivity index (χ0v) is 14.1. The molecule has 3 rings (SSSR count). The molecule has 1 aromatic carbocycles. The summed E-state index contributed by atoms with van der Waals surface area (Å²) in [5.41, 5.74) is 1.37. The molecular weight excluding hydrogens is 308 g/mol. The molecule has 1 aliphatic heterocycles. The van der Waals surface area contributed by atoms with Crippen LogP contribution >= 0.6 is 0 Å². The highest BCUT2D eigenvalue weighted by Gasteiger charge is 2.32. The van der Waals surface area contributed by atoms with E-state index in [1.165, 1.54) is 0 Å². The van der Waals surface area contributed by atoms with Crippen LogP contribution in [-0.4, -0.2) is 73.5 Å². The van der Waals surface area contributed by atoms with Crippen LogP contribution in [0.25, 0.3) is 10.9 Å². The molecule has 7 nitrogen and oxygen atoms in total. The lowest BCUT2D eigenvalue weighted by Crippen LogP contribution is -2.58. The molecule has 2 heterocycles. The minimum atomic E-state index is -0.327. The van der Waals surface area contributed by atoms with Crippen LogP contribution in [-0.2, 0) is 4.79 Å². The SMILES string of the molecule is CNC(=O)C1CN(C(=O)c2cc3c(OC)cccc3[nH]2)CCN1C. The number of aromatic amines is 1. The fourth-order valence-electron chi connectivity index (χ4n) is 3.10. The van der Waals surface area contributed by atoms with Crippen LogP contribution < -0.4 is 10.1 Å². The topological polar surface area (TPSA) is 77.7 Å². The Hall–Kier alpha value is -2.54. The molecule has 0 aliphatic carbocycles. The first-order valence-corrected chi connectivity index (χ1v) is 7.92. The average molecular weight is 330 g/mol. The molecule has 1 atom stereocenters. The Morgan fingerprint density at radius 2 is 2.12 bits per heavy atom. The number of methoxy groups -OCH3 is 1. The van der Waals surface area contributed by atoms with Crippen molar-refractivity contribution in [3.05, 3.63) is 30.0 Å². The van der Waals surface area contributed by atoms with Crippen molar-refractivity contribution in [1.29, 1.82) is 0 Å². The van der Waals surface area contributed by atoms with Gasteiger partial charge in [0.25, 0.3) is 5.91 Å². The maximum Gasteiger partial charge on any atom is 0.270 e. The summed E-state index contributed by atoms with van der Waals surface area (Å²) in [6, 6.07) is 7.13. The van der Waals surface area contributed by atoms with E-state index < -0.39 is 0 Å². The lowest BCUT2D eigenvalue weighted by atomic mass is 10.1. The first-order valence-electron chi connectivity index (χ1n) is 7.92. The maximum atomic E-state index is 12.8. The smallest absolute Gasteiger partial charge is 0.270 e. The van der Waals surface area contributed by atoms with E-state index >= 15 is 0 Å². The molecule has 0 saturated carbocycles. The van der Waals surface area contributed by atoms with Crippen molar-refractivity contribution < 1.29 is 14.3 Å². The summed E-state index contributed by atoms with van der Waals surface area (Å²) in [6.07, 6.45) is 0. The van der Waals surface area contributed by atoms with Gasteiger partial charge in [0.2, 0.25) is 5.91 Å². The molecular formula is C17H22N4O3. The van der Waals surface area contributed by atoms with Gasteiger partial charge >= 0.3 is 0 Å². The van der Waals surface area contributed by atoms with Crippen molar-refractivity contribution in [2.45, 2.75) is 6.04 Å². The Morgan fingerprint density at radius 3 is 2.83 bits per heavy atom. The number of likely N-dealkylation sites (N-methyl/N-ethyl adjacent to an activating group) is 2. The zero-order valence-electron chi connectivity index (χ0n) is 14.1. The second-order valence-electron chi connectivity index (χ2n) is 5.97. The summed E-state index contributed by atoms with van der Waals surface area (Å²) >= 11 is 0. The van der Waals surface area contributed by atoms with E-state index in [0.717, 1.165) is 16.7 Å². The number of amides is 2. The van der Waals surface area contributed by atoms with E-state index in [2.05, 4.69) is 10.3 Å². The number of H-pyrrole nitrogens is 1. The first-order chi connectivity index (χ1) is 11.5. The largest absolute Gasteiger partial charge is 0.496 e. The number of piperazine rings is 1. The van der Waals surface area contributed by atoms with Gasteiger partial charge < -0.3 is 19.9 Å². The molecule has 7 heteroatoms. The number of ether oxygens (including phenoxy) is 1. The van der Waals surface area contributed by atoms with Gasteiger partial charge in [-0.05, 0) is 25.2 Å². The van der Waals surface area contributed by atoms with Gasteiger partial charge in [0.15, 0.2) is 0 Å². The fourth-order valence-corrected chi connectivity index (χ4v) is 3.10. The minimum absolute atomic E-state index is 0.0756. The number of nitrogens with one attached hydrogen (secondary N) is 2. The van der Waals surface area contributed by atoms with E-state index in [4.69, 9.17) is 4.74 Å². The first kappa shape index (κ1) is 16.3. The van der Waals surface area contributed by atoms with Crippen molar-refractivity contribution in [1.82, 2.24) is 20.1 Å². The number of rotatable bonds is 3. The molecule has 0 radical (unpaired) electrons. The Kier molecular flexibility index (Phi) is 4.44. The number of carbonyl (C=O) groups excluding carboxylic acids is 2. The molecule has 2 N–H and O–H groups in total. The van der Waals surface area contributed by atoms with Crippen LogP contribution in [0.1, 0.15) is 10.5 Å². The summed E-state index contributed by atoms with van der Waals surface area (Å²) in [5, 5.41) is 3.53. The summed E-state index contributed by atoms with van der Waals surface area (Å²) in [7, 11) is 5.12. The number of carbonyl (C=O) groups is 2. The Balaban J connectivity index is 1.85. The van der Waals surface area contributed by atoms with E-state index in [9.17, 15) is 9.59 Å². The summed E-state index contributed by atoms with van der Waals surface area (Å²) in [4.78, 5) is 31.7. The van der Waals surface area contributed by atoms with Gasteiger partial charge in [-0.1, -0.05) is 6.07 Å². The molecule has 1 aromatic heterocycles. The van der Waals surface area contributed by atoms with Gasteiger partial charge in [0, 0.05) is 37.6 Å². The van der Waals surface area contributed by atoms with Gasteiger partial charge in [-0.25, -0.2) is 0 Å². The van der Waals surface area contributed by atoms with Crippen molar-refractivity contribution >= 4 is 22.7 Å². The van der Waals surface area contributed by atoms with E-state index in [0.29, 0.717) is 25.3 Å². The Labute approximate surface area is 140 Å². The van der Waals surface area contributed by atoms with Crippen LogP contribution in [0.15, 0.2) is 24.3 Å². The predicted octanol–water partition coefficient (Wildman–Crippen LogP) is 0.679. The van der Waals surface area contributed by atoms with Gasteiger partial charge in [0.05, 0.1) is 7.11 Å². The predicted molar refractivity (Wildman–Crippen MR) is 91.2 cm³/mol. The zero-order chi connectivity index (χ0) is 17.3. The Morgan fingerprint density at radius 1 is 1.33 bits per heavy atom. The summed E-state index contributed by atoms with van der Waals surface area (Å²) < 4.78 is 5.34. The van der Waals surface area contributed by atoms with Crippen molar-refractivity contribution in [2.75, 3.05) is 40.8 Å². The number of nitrogens with zero attached hydrogens (tertiary/aromatic N) is 2. The molecule has 1 aliphatic rings. The Bertz CT molecular complexity index is 770. The third-order valence-electron chi connectivity index (χ3n) is 4.56. The second-order valence-corrected chi connectivity index (χ2v) is 5.97. The molecule has 1 fully saturated rings. The third-order valence-corrected chi connectivity index (χ3v) is 4.56. The molecule has 0 bridgehead atoms. The number of hydrogen-bond donors (Lipinski definition) is 2. The lowest BCUT2D eigenvalue weighted by molar-refractivity contribution is -0.127. The monoisotopic (exact) mass is 330 g/mol. The number of benzene rings is 1. The van der Waals surface area contributed by atoms with Crippen molar-refractivity contribution in [3.8, 4) is 5.75 Å². The van der Waals surface area contributed by atoms with Crippen molar-refractivity contribution in [2.24, 2.45) is 0 Å². The van der Waals surface area contributed by atoms with Crippen LogP contribution in [0.2, 0.25) is 0 Å².